The van der Waals surface area contributed by atoms with E-state index in [9.17, 15) is 5.11 Å². The van der Waals surface area contributed by atoms with Crippen LogP contribution >= 0.6 is 11.8 Å². The number of phenolic OH excluding ortho intramolecular Hbond substituents is 1. The molecule has 112 valence electrons. The molecule has 1 aromatic rings. The van der Waals surface area contributed by atoms with Crippen molar-refractivity contribution >= 4 is 11.8 Å². The van der Waals surface area contributed by atoms with Crippen LogP contribution in [0.5, 0.6) is 5.75 Å². The minimum atomic E-state index is 0.0411. The van der Waals surface area contributed by atoms with Gasteiger partial charge in [-0.25, -0.2) is 0 Å². The fourth-order valence-electron chi connectivity index (χ4n) is 3.65. The molecule has 2 atom stereocenters. The maximum Gasteiger partial charge on any atom is 0.115 e. The molecule has 0 saturated heterocycles. The average molecular weight is 296 g/mol. The van der Waals surface area contributed by atoms with Crippen molar-refractivity contribution in [2.24, 2.45) is 0 Å². The predicted octanol–water partition coefficient (Wildman–Crippen LogP) is 1.71. The molecule has 1 aliphatic rings. The van der Waals surface area contributed by atoms with E-state index in [1.165, 1.54) is 11.1 Å². The minimum absolute atomic E-state index is 0.0411. The lowest BCUT2D eigenvalue weighted by atomic mass is 9.63. The van der Waals surface area contributed by atoms with Gasteiger partial charge in [-0.3, -0.25) is 0 Å². The Morgan fingerprint density at radius 3 is 2.65 bits per heavy atom. The molecule has 0 bridgehead atoms. The van der Waals surface area contributed by atoms with Gasteiger partial charge in [0.25, 0.3) is 0 Å². The van der Waals surface area contributed by atoms with Crippen LogP contribution in [-0.2, 0) is 11.8 Å². The number of hydrogen-bond acceptors (Lipinski definition) is 3. The molecule has 1 aliphatic carbocycles. The summed E-state index contributed by atoms with van der Waals surface area (Å²) in [5.74, 6) is 1.12. The largest absolute Gasteiger partial charge is 0.508 e. The van der Waals surface area contributed by atoms with E-state index in [0.29, 0.717) is 17.0 Å². The van der Waals surface area contributed by atoms with Crippen molar-refractivity contribution in [3.8, 4) is 5.75 Å². The third kappa shape index (κ3) is 2.57. The number of aliphatic hydroxyl groups excluding tert-OH is 1. The fraction of sp³-hybridized carbons (Fsp3) is 0.625. The van der Waals surface area contributed by atoms with Gasteiger partial charge in [0.15, 0.2) is 0 Å². The Labute approximate surface area is 125 Å². The Morgan fingerprint density at radius 1 is 1.35 bits per heavy atom. The van der Waals surface area contributed by atoms with Gasteiger partial charge in [-0.2, -0.15) is 0 Å². The van der Waals surface area contributed by atoms with Crippen molar-refractivity contribution < 1.29 is 15.9 Å². The molecule has 2 rings (SSSR count). The highest BCUT2D eigenvalue weighted by atomic mass is 32.2. The number of thioether (sulfide) groups is 1. The maximum atomic E-state index is 9.85. The molecule has 3 nitrogen and oxygen atoms in total. The van der Waals surface area contributed by atoms with Crippen molar-refractivity contribution in [3.05, 3.63) is 29.3 Å². The maximum absolute atomic E-state index is 9.85. The van der Waals surface area contributed by atoms with Gasteiger partial charge in [-0.15, -0.1) is 11.8 Å². The van der Waals surface area contributed by atoms with E-state index in [1.807, 2.05) is 17.8 Å². The van der Waals surface area contributed by atoms with Gasteiger partial charge in [0.1, 0.15) is 11.8 Å². The van der Waals surface area contributed by atoms with E-state index >= 15 is 0 Å². The summed E-state index contributed by atoms with van der Waals surface area (Å²) in [7, 11) is 0. The molecule has 0 radical (unpaired) electrons. The second-order valence-electron chi connectivity index (χ2n) is 5.65. The van der Waals surface area contributed by atoms with Crippen LogP contribution in [0.25, 0.3) is 0 Å². The SMILES string of the molecule is CCC1(CC)c2cc(O)ccc2CC(SCCO)C1[NH3+]. The number of hydrogen-bond donors (Lipinski definition) is 3. The molecule has 0 fully saturated rings. The summed E-state index contributed by atoms with van der Waals surface area (Å²) in [6.45, 7) is 4.66. The van der Waals surface area contributed by atoms with Gasteiger partial charge in [-0.05, 0) is 42.5 Å². The topological polar surface area (TPSA) is 68.1 Å². The lowest BCUT2D eigenvalue weighted by Crippen LogP contribution is -2.75. The van der Waals surface area contributed by atoms with E-state index in [2.05, 4.69) is 25.6 Å². The second-order valence-corrected chi connectivity index (χ2v) is 7.00. The third-order valence-electron chi connectivity index (χ3n) is 4.89. The van der Waals surface area contributed by atoms with Gasteiger partial charge in [0, 0.05) is 11.2 Å². The molecule has 20 heavy (non-hydrogen) atoms. The number of rotatable bonds is 5. The van der Waals surface area contributed by atoms with Crippen LogP contribution in [0.4, 0.5) is 0 Å². The molecule has 5 N–H and O–H groups in total. The lowest BCUT2D eigenvalue weighted by Gasteiger charge is -2.44. The van der Waals surface area contributed by atoms with Crippen molar-refractivity contribution in [1.29, 1.82) is 0 Å². The zero-order chi connectivity index (χ0) is 14.8. The molecule has 0 aromatic heterocycles. The summed E-state index contributed by atoms with van der Waals surface area (Å²) >= 11 is 1.83. The molecule has 0 saturated carbocycles. The van der Waals surface area contributed by atoms with E-state index in [-0.39, 0.29) is 12.0 Å². The zero-order valence-corrected chi connectivity index (χ0v) is 13.2. The Hall–Kier alpha value is -0.710. The molecule has 0 aliphatic heterocycles. The van der Waals surface area contributed by atoms with Crippen LogP contribution in [0.2, 0.25) is 0 Å². The third-order valence-corrected chi connectivity index (χ3v) is 6.24. The van der Waals surface area contributed by atoms with Crippen LogP contribution in [0.1, 0.15) is 37.8 Å². The molecular formula is C16H26NO2S+. The van der Waals surface area contributed by atoms with Crippen LogP contribution in [0.3, 0.4) is 0 Å². The highest BCUT2D eigenvalue weighted by Gasteiger charge is 2.47. The number of fused-ring (bicyclic) bond motifs is 1. The average Bonchev–Trinajstić information content (AvgIpc) is 2.46. The van der Waals surface area contributed by atoms with E-state index in [4.69, 9.17) is 5.11 Å². The first-order chi connectivity index (χ1) is 9.58. The summed E-state index contributed by atoms with van der Waals surface area (Å²) < 4.78 is 0. The number of benzene rings is 1. The molecule has 0 heterocycles. The van der Waals surface area contributed by atoms with Gasteiger partial charge in [-0.1, -0.05) is 19.9 Å². The van der Waals surface area contributed by atoms with Gasteiger partial charge in [0.05, 0.1) is 11.9 Å². The predicted molar refractivity (Wildman–Crippen MR) is 84.1 cm³/mol. The zero-order valence-electron chi connectivity index (χ0n) is 12.4. The first-order valence-corrected chi connectivity index (χ1v) is 8.51. The van der Waals surface area contributed by atoms with E-state index < -0.39 is 0 Å². The first-order valence-electron chi connectivity index (χ1n) is 7.47. The Kier molecular flexibility index (Phi) is 4.99. The summed E-state index contributed by atoms with van der Waals surface area (Å²) in [5, 5.41) is 19.4. The molecule has 0 spiro atoms. The summed E-state index contributed by atoms with van der Waals surface area (Å²) in [6.07, 6.45) is 3.05. The number of aliphatic hydroxyl groups is 1. The standard InChI is InChI=1S/C16H25NO2S/c1-3-16(4-2)13-10-12(19)6-5-11(13)9-14(15(16)17)20-8-7-18/h5-6,10,14-15,18-19H,3-4,7-9,17H2,1-2H3/p+1. The van der Waals surface area contributed by atoms with Crippen LogP contribution in [0, 0.1) is 0 Å². The summed E-state index contributed by atoms with van der Waals surface area (Å²) in [5.41, 5.74) is 7.13. The Balaban J connectivity index is 2.45. The van der Waals surface area contributed by atoms with Crippen LogP contribution in [-0.4, -0.2) is 33.9 Å². The van der Waals surface area contributed by atoms with Gasteiger partial charge < -0.3 is 15.9 Å². The molecule has 1 aromatic carbocycles. The molecule has 2 unspecified atom stereocenters. The molecular weight excluding hydrogens is 270 g/mol. The quantitative estimate of drug-likeness (QED) is 0.775. The molecule has 4 heteroatoms. The minimum Gasteiger partial charge on any atom is -0.508 e. The van der Waals surface area contributed by atoms with E-state index in [1.54, 1.807) is 6.07 Å². The van der Waals surface area contributed by atoms with Crippen molar-refractivity contribution in [3.63, 3.8) is 0 Å². The lowest BCUT2D eigenvalue weighted by molar-refractivity contribution is -0.439. The number of phenols is 1. The van der Waals surface area contributed by atoms with Crippen molar-refractivity contribution in [2.45, 2.75) is 49.8 Å². The van der Waals surface area contributed by atoms with E-state index in [0.717, 1.165) is 25.0 Å². The van der Waals surface area contributed by atoms with Gasteiger partial charge >= 0.3 is 0 Å². The normalized spacial score (nSPS) is 24.4. The Morgan fingerprint density at radius 2 is 2.05 bits per heavy atom. The monoisotopic (exact) mass is 296 g/mol. The van der Waals surface area contributed by atoms with Gasteiger partial charge in [0.2, 0.25) is 0 Å². The highest BCUT2D eigenvalue weighted by molar-refractivity contribution is 8.00. The van der Waals surface area contributed by atoms with Crippen LogP contribution in [0.15, 0.2) is 18.2 Å². The first kappa shape index (κ1) is 15.7. The summed E-state index contributed by atoms with van der Waals surface area (Å²) in [4.78, 5) is 0. The highest BCUT2D eigenvalue weighted by Crippen LogP contribution is 2.45. The smallest absolute Gasteiger partial charge is 0.115 e. The number of quaternary nitrogens is 1. The fourth-order valence-corrected chi connectivity index (χ4v) is 4.85. The van der Waals surface area contributed by atoms with Crippen LogP contribution < -0.4 is 5.73 Å². The molecule has 0 amide bonds. The van der Waals surface area contributed by atoms with Crippen molar-refractivity contribution in [2.75, 3.05) is 12.4 Å². The number of aromatic hydroxyl groups is 1. The summed E-state index contributed by atoms with van der Waals surface area (Å²) in [6, 6.07) is 6.09. The second kappa shape index (κ2) is 6.37. The van der Waals surface area contributed by atoms with Crippen molar-refractivity contribution in [1.82, 2.24) is 0 Å². The Bertz CT molecular complexity index is 460.